The van der Waals surface area contributed by atoms with Gasteiger partial charge in [0.1, 0.15) is 6.10 Å². The quantitative estimate of drug-likeness (QED) is 0.402. The maximum atomic E-state index is 11.0. The van der Waals surface area contributed by atoms with Crippen LogP contribution in [-0.4, -0.2) is 17.1 Å². The summed E-state index contributed by atoms with van der Waals surface area (Å²) in [7, 11) is 0. The molecule has 0 aliphatic carbocycles. The number of primary amides is 1. The van der Waals surface area contributed by atoms with E-state index in [9.17, 15) is 14.9 Å². The van der Waals surface area contributed by atoms with Crippen molar-refractivity contribution in [1.82, 2.24) is 0 Å². The summed E-state index contributed by atoms with van der Waals surface area (Å²) in [5.74, 6) is 0. The molecule has 6 nitrogen and oxygen atoms in total. The number of non-ortho nitro benzene ring substituents is 1. The molecule has 0 radical (unpaired) electrons. The van der Waals surface area contributed by atoms with Crippen LogP contribution in [0.2, 0.25) is 0 Å². The lowest BCUT2D eigenvalue weighted by molar-refractivity contribution is -0.384. The van der Waals surface area contributed by atoms with Crippen molar-refractivity contribution in [2.45, 2.75) is 58.0 Å². The number of hydrogen-bond donors (Lipinski definition) is 1. The Bertz CT molecular complexity index is 474. The molecule has 6 heteroatoms. The van der Waals surface area contributed by atoms with Crippen molar-refractivity contribution in [2.24, 2.45) is 5.73 Å². The SMILES string of the molecule is CCCCCCCC(Cc1ccc([N+](=O)[O-])cc1)OC(N)=O. The molecule has 0 saturated carbocycles. The monoisotopic (exact) mass is 308 g/mol. The molecule has 2 N–H and O–H groups in total. The van der Waals surface area contributed by atoms with Gasteiger partial charge in [0.15, 0.2) is 0 Å². The second-order valence-corrected chi connectivity index (χ2v) is 5.39. The number of nitrogens with two attached hydrogens (primary N) is 1. The third-order valence-corrected chi connectivity index (χ3v) is 3.52. The first-order valence-corrected chi connectivity index (χ1v) is 7.72. The predicted octanol–water partition coefficient (Wildman–Crippen LogP) is 3.96. The predicted molar refractivity (Wildman–Crippen MR) is 84.6 cm³/mol. The van der Waals surface area contributed by atoms with E-state index in [1.165, 1.54) is 31.4 Å². The highest BCUT2D eigenvalue weighted by Gasteiger charge is 2.14. The van der Waals surface area contributed by atoms with E-state index < -0.39 is 11.0 Å². The zero-order valence-electron chi connectivity index (χ0n) is 13.0. The number of nitro benzene ring substituents is 1. The average Bonchev–Trinajstić information content (AvgIpc) is 2.47. The molecule has 1 atom stereocenters. The molecule has 1 aromatic carbocycles. The van der Waals surface area contributed by atoms with Crippen molar-refractivity contribution in [3.8, 4) is 0 Å². The van der Waals surface area contributed by atoms with Gasteiger partial charge >= 0.3 is 6.09 Å². The van der Waals surface area contributed by atoms with Crippen LogP contribution >= 0.6 is 0 Å². The van der Waals surface area contributed by atoms with Crippen LogP contribution in [0.5, 0.6) is 0 Å². The van der Waals surface area contributed by atoms with Gasteiger partial charge in [0.2, 0.25) is 0 Å². The molecule has 0 aliphatic heterocycles. The van der Waals surface area contributed by atoms with Gasteiger partial charge in [-0.25, -0.2) is 4.79 Å². The Morgan fingerprint density at radius 2 is 1.86 bits per heavy atom. The van der Waals surface area contributed by atoms with E-state index in [-0.39, 0.29) is 11.8 Å². The maximum Gasteiger partial charge on any atom is 0.404 e. The van der Waals surface area contributed by atoms with Crippen molar-refractivity contribution in [2.75, 3.05) is 0 Å². The van der Waals surface area contributed by atoms with E-state index in [2.05, 4.69) is 6.92 Å². The summed E-state index contributed by atoms with van der Waals surface area (Å²) in [6.45, 7) is 2.16. The highest BCUT2D eigenvalue weighted by molar-refractivity contribution is 5.64. The van der Waals surface area contributed by atoms with Crippen molar-refractivity contribution in [3.63, 3.8) is 0 Å². The normalized spacial score (nSPS) is 11.9. The highest BCUT2D eigenvalue weighted by Crippen LogP contribution is 2.17. The lowest BCUT2D eigenvalue weighted by Crippen LogP contribution is -2.24. The summed E-state index contributed by atoms with van der Waals surface area (Å²) >= 11 is 0. The van der Waals surface area contributed by atoms with Crippen LogP contribution in [-0.2, 0) is 11.2 Å². The van der Waals surface area contributed by atoms with E-state index in [1.54, 1.807) is 12.1 Å². The number of ether oxygens (including phenoxy) is 1. The fraction of sp³-hybridized carbons (Fsp3) is 0.562. The molecule has 0 spiro atoms. The maximum absolute atomic E-state index is 11.0. The number of unbranched alkanes of at least 4 members (excludes halogenated alkanes) is 4. The molecular weight excluding hydrogens is 284 g/mol. The molecule has 1 unspecified atom stereocenters. The molecule has 1 rings (SSSR count). The Balaban J connectivity index is 2.52. The number of rotatable bonds is 10. The number of hydrogen-bond acceptors (Lipinski definition) is 4. The van der Waals surface area contributed by atoms with E-state index in [4.69, 9.17) is 10.5 Å². The Morgan fingerprint density at radius 3 is 2.41 bits per heavy atom. The van der Waals surface area contributed by atoms with Gasteiger partial charge in [-0.3, -0.25) is 10.1 Å². The first kappa shape index (κ1) is 17.9. The summed E-state index contributed by atoms with van der Waals surface area (Å²) in [6.07, 6.45) is 5.88. The smallest absolute Gasteiger partial charge is 0.404 e. The molecule has 0 aliphatic rings. The number of carbonyl (C=O) groups is 1. The molecule has 1 aromatic rings. The van der Waals surface area contributed by atoms with Crippen molar-refractivity contribution >= 4 is 11.8 Å². The minimum absolute atomic E-state index is 0.0516. The molecule has 1 amide bonds. The van der Waals surface area contributed by atoms with E-state index in [0.717, 1.165) is 24.8 Å². The summed E-state index contributed by atoms with van der Waals surface area (Å²) in [5, 5.41) is 10.6. The number of nitro groups is 1. The molecule has 0 heterocycles. The van der Waals surface area contributed by atoms with Crippen LogP contribution < -0.4 is 5.73 Å². The fourth-order valence-corrected chi connectivity index (χ4v) is 2.36. The summed E-state index contributed by atoms with van der Waals surface area (Å²) in [6, 6.07) is 6.29. The van der Waals surface area contributed by atoms with Gasteiger partial charge in [-0.2, -0.15) is 0 Å². The minimum Gasteiger partial charge on any atom is -0.446 e. The Kier molecular flexibility index (Phi) is 7.96. The molecule has 0 saturated heterocycles. The van der Waals surface area contributed by atoms with Crippen molar-refractivity contribution < 1.29 is 14.5 Å². The van der Waals surface area contributed by atoms with E-state index in [0.29, 0.717) is 6.42 Å². The molecule has 0 fully saturated rings. The first-order chi connectivity index (χ1) is 10.5. The zero-order valence-corrected chi connectivity index (χ0v) is 13.0. The Hall–Kier alpha value is -2.11. The van der Waals surface area contributed by atoms with Crippen LogP contribution in [0.1, 0.15) is 51.0 Å². The molecule has 22 heavy (non-hydrogen) atoms. The van der Waals surface area contributed by atoms with Crippen LogP contribution in [0.15, 0.2) is 24.3 Å². The van der Waals surface area contributed by atoms with Crippen LogP contribution in [0.25, 0.3) is 0 Å². The zero-order chi connectivity index (χ0) is 16.4. The Morgan fingerprint density at radius 1 is 1.23 bits per heavy atom. The van der Waals surface area contributed by atoms with E-state index in [1.807, 2.05) is 0 Å². The van der Waals surface area contributed by atoms with Crippen LogP contribution in [0.3, 0.4) is 0 Å². The topological polar surface area (TPSA) is 95.5 Å². The number of carbonyl (C=O) groups excluding carboxylic acids is 1. The minimum atomic E-state index is -0.777. The van der Waals surface area contributed by atoms with Crippen molar-refractivity contribution in [1.29, 1.82) is 0 Å². The summed E-state index contributed by atoms with van der Waals surface area (Å²) in [4.78, 5) is 21.2. The number of benzene rings is 1. The van der Waals surface area contributed by atoms with Gasteiger partial charge in [0.05, 0.1) is 4.92 Å². The van der Waals surface area contributed by atoms with Crippen LogP contribution in [0.4, 0.5) is 10.5 Å². The van der Waals surface area contributed by atoms with Crippen LogP contribution in [0, 0.1) is 10.1 Å². The second-order valence-electron chi connectivity index (χ2n) is 5.39. The van der Waals surface area contributed by atoms with Gasteiger partial charge in [-0.15, -0.1) is 0 Å². The van der Waals surface area contributed by atoms with E-state index >= 15 is 0 Å². The van der Waals surface area contributed by atoms with Crippen molar-refractivity contribution in [3.05, 3.63) is 39.9 Å². The molecule has 0 aromatic heterocycles. The number of nitrogens with zero attached hydrogens (tertiary/aromatic N) is 1. The van der Waals surface area contributed by atoms with Gasteiger partial charge in [0, 0.05) is 18.6 Å². The Labute approximate surface area is 130 Å². The first-order valence-electron chi connectivity index (χ1n) is 7.72. The second kappa shape index (κ2) is 9.76. The highest BCUT2D eigenvalue weighted by atomic mass is 16.6. The summed E-state index contributed by atoms with van der Waals surface area (Å²) in [5.41, 5.74) is 6.06. The lowest BCUT2D eigenvalue weighted by Gasteiger charge is -2.16. The van der Waals surface area contributed by atoms with Gasteiger partial charge in [0.25, 0.3) is 5.69 Å². The van der Waals surface area contributed by atoms with Gasteiger partial charge in [-0.1, -0.05) is 44.7 Å². The van der Waals surface area contributed by atoms with Gasteiger partial charge < -0.3 is 10.5 Å². The lowest BCUT2D eigenvalue weighted by atomic mass is 10.0. The molecule has 122 valence electrons. The fourth-order valence-electron chi connectivity index (χ4n) is 2.36. The average molecular weight is 308 g/mol. The molecule has 0 bridgehead atoms. The standard InChI is InChI=1S/C16H24N2O4/c1-2-3-4-5-6-7-15(22-16(17)19)12-13-8-10-14(11-9-13)18(20)21/h8-11,15H,2-7,12H2,1H3,(H2,17,19). The summed E-state index contributed by atoms with van der Waals surface area (Å²) < 4.78 is 5.14. The van der Waals surface area contributed by atoms with Gasteiger partial charge in [-0.05, 0) is 18.4 Å². The number of amides is 1. The largest absolute Gasteiger partial charge is 0.446 e. The third kappa shape index (κ3) is 7.06. The third-order valence-electron chi connectivity index (χ3n) is 3.52. The molecular formula is C16H24N2O4.